The van der Waals surface area contributed by atoms with E-state index in [2.05, 4.69) is 40.0 Å². The van der Waals surface area contributed by atoms with E-state index >= 15 is 0 Å². The Morgan fingerprint density at radius 2 is 1.50 bits per heavy atom. The Balaban J connectivity index is 3.40. The fraction of sp³-hybridized carbons (Fsp3) is 0.455. The highest BCUT2D eigenvalue weighted by Crippen LogP contribution is 2.28. The molecule has 0 aromatic heterocycles. The quantitative estimate of drug-likeness (QED) is 0.595. The third kappa shape index (κ3) is 1.51. The van der Waals surface area contributed by atoms with Crippen molar-refractivity contribution in [1.82, 2.24) is 0 Å². The van der Waals surface area contributed by atoms with Crippen molar-refractivity contribution in [2.75, 3.05) is 6.26 Å². The van der Waals surface area contributed by atoms with E-state index in [1.54, 1.807) is 0 Å². The van der Waals surface area contributed by atoms with Gasteiger partial charge in [-0.05, 0) is 56.2 Å². The van der Waals surface area contributed by atoms with Gasteiger partial charge in [-0.2, -0.15) is 0 Å². The summed E-state index contributed by atoms with van der Waals surface area (Å²) < 4.78 is 0. The second-order valence-electron chi connectivity index (χ2n) is 3.29. The van der Waals surface area contributed by atoms with Crippen LogP contribution in [0.5, 0.6) is 0 Å². The fourth-order valence-corrected chi connectivity index (χ4v) is 2.41. The summed E-state index contributed by atoms with van der Waals surface area (Å²) in [5, 5.41) is 0. The third-order valence-corrected chi connectivity index (χ3v) is 3.53. The molecular weight excluding hydrogens is 164 g/mol. The van der Waals surface area contributed by atoms with E-state index in [-0.39, 0.29) is 0 Å². The van der Waals surface area contributed by atoms with Crippen molar-refractivity contribution in [2.45, 2.75) is 32.6 Å². The lowest BCUT2D eigenvalue weighted by molar-refractivity contribution is 1.14. The second kappa shape index (κ2) is 3.53. The molecule has 0 amide bonds. The molecule has 0 fully saturated rings. The summed E-state index contributed by atoms with van der Waals surface area (Å²) >= 11 is 1.84. The van der Waals surface area contributed by atoms with Gasteiger partial charge in [0.25, 0.3) is 0 Å². The van der Waals surface area contributed by atoms with Gasteiger partial charge in [-0.1, -0.05) is 6.07 Å². The van der Waals surface area contributed by atoms with Crippen molar-refractivity contribution in [3.63, 3.8) is 0 Å². The van der Waals surface area contributed by atoms with Gasteiger partial charge >= 0.3 is 0 Å². The fourth-order valence-electron chi connectivity index (χ4n) is 1.57. The molecule has 0 aliphatic carbocycles. The molecule has 1 heteroatoms. The van der Waals surface area contributed by atoms with Crippen LogP contribution in [0, 0.1) is 27.7 Å². The van der Waals surface area contributed by atoms with Gasteiger partial charge in [0.1, 0.15) is 0 Å². The van der Waals surface area contributed by atoms with Crippen molar-refractivity contribution in [3.05, 3.63) is 28.3 Å². The Hall–Kier alpha value is -0.430. The van der Waals surface area contributed by atoms with Crippen LogP contribution in [0.1, 0.15) is 22.3 Å². The molecule has 0 N–H and O–H groups in total. The van der Waals surface area contributed by atoms with Crippen molar-refractivity contribution < 1.29 is 0 Å². The highest BCUT2D eigenvalue weighted by molar-refractivity contribution is 7.98. The van der Waals surface area contributed by atoms with E-state index in [0.717, 1.165) is 0 Å². The maximum atomic E-state index is 2.27. The molecule has 0 unspecified atom stereocenters. The van der Waals surface area contributed by atoms with Crippen LogP contribution in [0.3, 0.4) is 0 Å². The average molecular weight is 180 g/mol. The zero-order valence-corrected chi connectivity index (χ0v) is 9.30. The maximum absolute atomic E-state index is 2.27. The summed E-state index contributed by atoms with van der Waals surface area (Å²) in [6, 6.07) is 2.27. The zero-order chi connectivity index (χ0) is 9.30. The lowest BCUT2D eigenvalue weighted by Gasteiger charge is -2.12. The monoisotopic (exact) mass is 180 g/mol. The molecule has 1 rings (SSSR count). The van der Waals surface area contributed by atoms with Crippen LogP contribution >= 0.6 is 11.8 Å². The van der Waals surface area contributed by atoms with Crippen molar-refractivity contribution >= 4 is 11.8 Å². The molecule has 0 bridgehead atoms. The number of thioether (sulfide) groups is 1. The first kappa shape index (κ1) is 9.66. The molecule has 0 heterocycles. The molecule has 66 valence electrons. The number of rotatable bonds is 1. The Kier molecular flexibility index (Phi) is 2.84. The van der Waals surface area contributed by atoms with E-state index in [0.29, 0.717) is 0 Å². The zero-order valence-electron chi connectivity index (χ0n) is 8.49. The minimum atomic E-state index is 1.41. The van der Waals surface area contributed by atoms with Gasteiger partial charge in [0.15, 0.2) is 0 Å². The van der Waals surface area contributed by atoms with Gasteiger partial charge in [0.2, 0.25) is 0 Å². The minimum absolute atomic E-state index is 1.41. The smallest absolute Gasteiger partial charge is 0.0130 e. The van der Waals surface area contributed by atoms with Crippen molar-refractivity contribution in [2.24, 2.45) is 0 Å². The van der Waals surface area contributed by atoms with Crippen LogP contribution < -0.4 is 0 Å². The summed E-state index contributed by atoms with van der Waals surface area (Å²) in [4.78, 5) is 1.44. The van der Waals surface area contributed by atoms with E-state index in [1.165, 1.54) is 27.1 Å². The topological polar surface area (TPSA) is 0 Å². The van der Waals surface area contributed by atoms with E-state index in [9.17, 15) is 0 Å². The molecule has 0 aliphatic heterocycles. The van der Waals surface area contributed by atoms with E-state index in [4.69, 9.17) is 0 Å². The van der Waals surface area contributed by atoms with Crippen LogP contribution in [0.2, 0.25) is 0 Å². The van der Waals surface area contributed by atoms with E-state index < -0.39 is 0 Å². The summed E-state index contributed by atoms with van der Waals surface area (Å²) in [5.74, 6) is 0. The normalized spacial score (nSPS) is 10.4. The molecule has 0 saturated carbocycles. The van der Waals surface area contributed by atoms with Gasteiger partial charge in [0.05, 0.1) is 0 Å². The predicted molar refractivity (Wildman–Crippen MR) is 57.2 cm³/mol. The first-order chi connectivity index (χ1) is 5.57. The Morgan fingerprint density at radius 3 is 2.00 bits per heavy atom. The van der Waals surface area contributed by atoms with Gasteiger partial charge in [-0.3, -0.25) is 0 Å². The first-order valence-corrected chi connectivity index (χ1v) is 5.41. The number of aryl methyl sites for hydroxylation is 2. The maximum Gasteiger partial charge on any atom is 0.0130 e. The van der Waals surface area contributed by atoms with Gasteiger partial charge in [-0.25, -0.2) is 0 Å². The molecule has 12 heavy (non-hydrogen) atoms. The largest absolute Gasteiger partial charge is 0.129 e. The number of hydrogen-bond donors (Lipinski definition) is 0. The van der Waals surface area contributed by atoms with Crippen molar-refractivity contribution in [1.29, 1.82) is 0 Å². The van der Waals surface area contributed by atoms with Crippen LogP contribution in [-0.4, -0.2) is 6.26 Å². The van der Waals surface area contributed by atoms with Crippen LogP contribution in [0.4, 0.5) is 0 Å². The first-order valence-electron chi connectivity index (χ1n) is 4.19. The van der Waals surface area contributed by atoms with Gasteiger partial charge in [-0.15, -0.1) is 11.8 Å². The highest BCUT2D eigenvalue weighted by atomic mass is 32.2. The summed E-state index contributed by atoms with van der Waals surface area (Å²) in [5.41, 5.74) is 5.69. The molecule has 0 radical (unpaired) electrons. The SMILES string of the molecule is CSc1c(C)cc(C)c(C)c1C. The third-order valence-electron chi connectivity index (χ3n) is 2.49. The lowest BCUT2D eigenvalue weighted by Crippen LogP contribution is -1.92. The van der Waals surface area contributed by atoms with Gasteiger partial charge < -0.3 is 0 Å². The van der Waals surface area contributed by atoms with Crippen LogP contribution in [-0.2, 0) is 0 Å². The molecular formula is C11H16S. The Bertz CT molecular complexity index is 300. The molecule has 0 saturated heterocycles. The summed E-state index contributed by atoms with van der Waals surface area (Å²) in [7, 11) is 0. The molecule has 0 nitrogen and oxygen atoms in total. The minimum Gasteiger partial charge on any atom is -0.129 e. The van der Waals surface area contributed by atoms with Crippen LogP contribution in [0.15, 0.2) is 11.0 Å². The second-order valence-corrected chi connectivity index (χ2v) is 4.11. The average Bonchev–Trinajstić information content (AvgIpc) is 2.01. The van der Waals surface area contributed by atoms with Crippen molar-refractivity contribution in [3.8, 4) is 0 Å². The molecule has 0 atom stereocenters. The molecule has 0 aliphatic rings. The summed E-state index contributed by atoms with van der Waals surface area (Å²) in [6.07, 6.45) is 2.14. The lowest BCUT2D eigenvalue weighted by atomic mass is 10.0. The number of hydrogen-bond acceptors (Lipinski definition) is 1. The Morgan fingerprint density at radius 1 is 0.917 bits per heavy atom. The Labute approximate surface area is 79.4 Å². The molecule has 1 aromatic rings. The van der Waals surface area contributed by atoms with Crippen LogP contribution in [0.25, 0.3) is 0 Å². The predicted octanol–water partition coefficient (Wildman–Crippen LogP) is 3.64. The highest BCUT2D eigenvalue weighted by Gasteiger charge is 2.05. The van der Waals surface area contributed by atoms with Gasteiger partial charge in [0, 0.05) is 4.90 Å². The number of benzene rings is 1. The van der Waals surface area contributed by atoms with E-state index in [1.807, 2.05) is 11.8 Å². The molecule has 1 aromatic carbocycles. The molecule has 0 spiro atoms. The standard InChI is InChI=1S/C11H16S/c1-7-6-8(2)11(12-5)10(4)9(7)3/h6H,1-5H3. The summed E-state index contributed by atoms with van der Waals surface area (Å²) in [6.45, 7) is 8.77.